The van der Waals surface area contributed by atoms with Crippen LogP contribution in [-0.4, -0.2) is 6.71 Å². The molecule has 5 heteroatoms. The zero-order valence-corrected chi connectivity index (χ0v) is 33.0. The Morgan fingerprint density at radius 1 is 0.661 bits per heavy atom. The summed E-state index contributed by atoms with van der Waals surface area (Å²) in [6.45, 7) is 17.7. The van der Waals surface area contributed by atoms with Gasteiger partial charge in [0.2, 0.25) is 0 Å². The maximum atomic E-state index is 7.44. The van der Waals surface area contributed by atoms with Crippen LogP contribution in [0.3, 0.4) is 0 Å². The third-order valence-corrected chi connectivity index (χ3v) is 11.8. The Labute approximate surface area is 329 Å². The number of furan rings is 2. The standard InChI is InChI=1S/C51H45BN2O2/c1-8-15-39-45(32-16-10-9-11-17-32)52-46-40(53(39)35-26-22-33(23-27-35)50(2,3)4)19-14-20-41(46)54(36-28-24-34(25-29-36)51(5,6)7)47-38-30-31-43-44(48(38)56-49(47)52)37-18-12-13-21-42(37)55-43/h8-16,18-31H,1,17H2,2-7H3/b39-15+,45-32+. The van der Waals surface area contributed by atoms with Gasteiger partial charge in [-0.1, -0.05) is 127 Å². The number of anilines is 5. The summed E-state index contributed by atoms with van der Waals surface area (Å²) >= 11 is 0. The summed E-state index contributed by atoms with van der Waals surface area (Å²) in [4.78, 5) is 4.88. The van der Waals surface area contributed by atoms with Gasteiger partial charge in [-0.05, 0) is 106 Å². The Morgan fingerprint density at radius 2 is 1.32 bits per heavy atom. The molecule has 10 rings (SSSR count). The highest BCUT2D eigenvalue weighted by Crippen LogP contribution is 2.50. The average Bonchev–Trinajstić information content (AvgIpc) is 3.77. The number of hydrogen-bond donors (Lipinski definition) is 0. The highest BCUT2D eigenvalue weighted by molar-refractivity contribution is 6.95. The van der Waals surface area contributed by atoms with Crippen LogP contribution in [0.25, 0.3) is 32.9 Å². The summed E-state index contributed by atoms with van der Waals surface area (Å²) < 4.78 is 13.9. The predicted molar refractivity (Wildman–Crippen MR) is 237 cm³/mol. The second kappa shape index (κ2) is 12.4. The van der Waals surface area contributed by atoms with Gasteiger partial charge in [-0.3, -0.25) is 0 Å². The molecule has 0 atom stereocenters. The van der Waals surface area contributed by atoms with E-state index in [-0.39, 0.29) is 17.5 Å². The Hall–Kier alpha value is -6.20. The first-order chi connectivity index (χ1) is 27.0. The maximum Gasteiger partial charge on any atom is 0.297 e. The second-order valence-corrected chi connectivity index (χ2v) is 17.4. The summed E-state index contributed by atoms with van der Waals surface area (Å²) in [6, 6.07) is 37.6. The Bertz CT molecular complexity index is 2870. The molecule has 0 saturated carbocycles. The lowest BCUT2D eigenvalue weighted by Crippen LogP contribution is -2.56. The normalized spacial score (nSPS) is 17.4. The number of benzene rings is 5. The molecule has 7 aromatic rings. The highest BCUT2D eigenvalue weighted by atomic mass is 16.3. The van der Waals surface area contributed by atoms with E-state index in [2.05, 4.69) is 179 Å². The van der Waals surface area contributed by atoms with Crippen LogP contribution in [0.15, 0.2) is 172 Å². The van der Waals surface area contributed by atoms with Crippen LogP contribution in [0, 0.1) is 0 Å². The van der Waals surface area contributed by atoms with Crippen molar-refractivity contribution in [2.75, 3.05) is 9.80 Å². The minimum atomic E-state index is -0.190. The third kappa shape index (κ3) is 5.14. The first kappa shape index (κ1) is 34.3. The molecule has 1 aliphatic carbocycles. The molecular weight excluding hydrogens is 683 g/mol. The molecule has 4 nitrogen and oxygen atoms in total. The fourth-order valence-corrected chi connectivity index (χ4v) is 9.05. The van der Waals surface area contributed by atoms with E-state index in [1.54, 1.807) is 0 Å². The van der Waals surface area contributed by atoms with Crippen molar-refractivity contribution in [3.63, 3.8) is 0 Å². The summed E-state index contributed by atoms with van der Waals surface area (Å²) in [5, 5.41) is 3.12. The van der Waals surface area contributed by atoms with Crippen LogP contribution < -0.4 is 20.9 Å². The highest BCUT2D eigenvalue weighted by Gasteiger charge is 2.49. The summed E-state index contributed by atoms with van der Waals surface area (Å²) in [5.41, 5.74) is 16.5. The molecule has 3 aliphatic rings. The summed E-state index contributed by atoms with van der Waals surface area (Å²) in [5.74, 6) is 0. The van der Waals surface area contributed by atoms with E-state index in [9.17, 15) is 0 Å². The van der Waals surface area contributed by atoms with Crippen molar-refractivity contribution in [1.82, 2.24) is 0 Å². The average molecular weight is 729 g/mol. The van der Waals surface area contributed by atoms with Gasteiger partial charge in [0, 0.05) is 39.2 Å². The van der Waals surface area contributed by atoms with Gasteiger partial charge >= 0.3 is 0 Å². The van der Waals surface area contributed by atoms with Crippen LogP contribution in [0.1, 0.15) is 59.1 Å². The predicted octanol–water partition coefficient (Wildman–Crippen LogP) is 12.9. The molecule has 0 radical (unpaired) electrons. The molecule has 0 bridgehead atoms. The lowest BCUT2D eigenvalue weighted by atomic mass is 9.33. The van der Waals surface area contributed by atoms with Gasteiger partial charge in [-0.25, -0.2) is 0 Å². The SMILES string of the molecule is C=C/C=C1\C(=C2\C=CC=CC2)B2c3oc4c(ccc5oc6ccccc6c54)c3N(c3ccc(C(C)(C)C)cc3)c3cccc(c32)N1c1ccc(C(C)(C)C)cc1. The van der Waals surface area contributed by atoms with Gasteiger partial charge in [-0.2, -0.15) is 0 Å². The molecular formula is C51H45BN2O2. The monoisotopic (exact) mass is 728 g/mol. The minimum absolute atomic E-state index is 0.0266. The van der Waals surface area contributed by atoms with Crippen LogP contribution in [0.4, 0.5) is 28.4 Å². The quantitative estimate of drug-likeness (QED) is 0.170. The molecule has 2 aromatic heterocycles. The fraction of sp³-hybridized carbons (Fsp3) is 0.176. The van der Waals surface area contributed by atoms with E-state index < -0.39 is 0 Å². The van der Waals surface area contributed by atoms with Crippen molar-refractivity contribution < 1.29 is 8.83 Å². The molecule has 0 unspecified atom stereocenters. The van der Waals surface area contributed by atoms with Gasteiger partial charge in [0.15, 0.2) is 0 Å². The Kier molecular flexibility index (Phi) is 7.60. The van der Waals surface area contributed by atoms with Crippen molar-refractivity contribution in [3.05, 3.63) is 174 Å². The van der Waals surface area contributed by atoms with E-state index in [0.29, 0.717) is 0 Å². The van der Waals surface area contributed by atoms with Crippen LogP contribution >= 0.6 is 0 Å². The van der Waals surface area contributed by atoms with E-state index in [1.165, 1.54) is 27.6 Å². The Morgan fingerprint density at radius 3 is 1.96 bits per heavy atom. The Balaban J connectivity index is 1.33. The molecule has 4 heterocycles. The van der Waals surface area contributed by atoms with Crippen molar-refractivity contribution in [3.8, 4) is 0 Å². The summed E-state index contributed by atoms with van der Waals surface area (Å²) in [6.07, 6.45) is 13.8. The maximum absolute atomic E-state index is 7.44. The second-order valence-electron chi connectivity index (χ2n) is 17.4. The van der Waals surface area contributed by atoms with Crippen molar-refractivity contribution in [2.24, 2.45) is 0 Å². The number of fused-ring (bicyclic) bond motifs is 8. The number of hydrogen-bond acceptors (Lipinski definition) is 4. The summed E-state index contributed by atoms with van der Waals surface area (Å²) in [7, 11) is 0. The van der Waals surface area contributed by atoms with Crippen molar-refractivity contribution in [1.29, 1.82) is 0 Å². The third-order valence-electron chi connectivity index (χ3n) is 11.8. The number of nitrogens with zero attached hydrogens (tertiary/aromatic N) is 2. The van der Waals surface area contributed by atoms with Gasteiger partial charge in [0.25, 0.3) is 6.71 Å². The van der Waals surface area contributed by atoms with Crippen LogP contribution in [0.5, 0.6) is 0 Å². The van der Waals surface area contributed by atoms with E-state index in [1.807, 2.05) is 18.2 Å². The largest absolute Gasteiger partial charge is 0.467 e. The molecule has 0 amide bonds. The van der Waals surface area contributed by atoms with Crippen LogP contribution in [0.2, 0.25) is 0 Å². The number of allylic oxidation sites excluding steroid dienone is 8. The topological polar surface area (TPSA) is 32.8 Å². The van der Waals surface area contributed by atoms with Crippen molar-refractivity contribution in [2.45, 2.75) is 58.8 Å². The molecule has 0 N–H and O–H groups in total. The van der Waals surface area contributed by atoms with Crippen LogP contribution in [-0.2, 0) is 10.8 Å². The zero-order valence-electron chi connectivity index (χ0n) is 33.0. The molecule has 56 heavy (non-hydrogen) atoms. The van der Waals surface area contributed by atoms with Gasteiger partial charge in [0.1, 0.15) is 16.7 Å². The number of rotatable bonds is 3. The molecule has 274 valence electrons. The number of para-hydroxylation sites is 1. The smallest absolute Gasteiger partial charge is 0.297 e. The van der Waals surface area contributed by atoms with Crippen molar-refractivity contribution >= 4 is 79.2 Å². The minimum Gasteiger partial charge on any atom is -0.467 e. The molecule has 0 saturated heterocycles. The lowest BCUT2D eigenvalue weighted by molar-refractivity contribution is 0.590. The van der Waals surface area contributed by atoms with E-state index in [0.717, 1.165) is 79.1 Å². The van der Waals surface area contributed by atoms with Gasteiger partial charge in [-0.15, -0.1) is 0 Å². The first-order valence-corrected chi connectivity index (χ1v) is 19.7. The fourth-order valence-electron chi connectivity index (χ4n) is 9.05. The lowest BCUT2D eigenvalue weighted by Gasteiger charge is -2.44. The molecule has 5 aromatic carbocycles. The zero-order chi connectivity index (χ0) is 38.5. The van der Waals surface area contributed by atoms with Gasteiger partial charge in [0.05, 0.1) is 16.7 Å². The van der Waals surface area contributed by atoms with E-state index in [4.69, 9.17) is 8.83 Å². The molecule has 0 fully saturated rings. The van der Waals surface area contributed by atoms with E-state index >= 15 is 0 Å². The van der Waals surface area contributed by atoms with Gasteiger partial charge < -0.3 is 18.6 Å². The molecule has 2 aliphatic heterocycles. The first-order valence-electron chi connectivity index (χ1n) is 19.7. The molecule has 0 spiro atoms.